The molecular formula is C35H34ClF3N8O7. The van der Waals surface area contributed by atoms with Crippen LogP contribution >= 0.6 is 11.6 Å². The van der Waals surface area contributed by atoms with E-state index in [4.69, 9.17) is 26.2 Å². The van der Waals surface area contributed by atoms with Crippen molar-refractivity contribution in [2.24, 2.45) is 0 Å². The Bertz CT molecular complexity index is 1960. The van der Waals surface area contributed by atoms with E-state index in [1.807, 2.05) is 12.1 Å². The maximum Gasteiger partial charge on any atom is 0.422 e. The quantitative estimate of drug-likeness (QED) is 0.0753. The molecule has 0 saturated heterocycles. The Morgan fingerprint density at radius 1 is 0.889 bits per heavy atom. The second-order valence-electron chi connectivity index (χ2n) is 12.0. The number of ether oxygens (including phenoxy) is 2. The molecule has 3 aromatic carbocycles. The van der Waals surface area contributed by atoms with E-state index in [-0.39, 0.29) is 24.1 Å². The number of alkyl halides is 3. The molecule has 15 nitrogen and oxygen atoms in total. The molecule has 1 atom stereocenters. The van der Waals surface area contributed by atoms with Crippen LogP contribution in [0.2, 0.25) is 5.02 Å². The van der Waals surface area contributed by atoms with Crippen molar-refractivity contribution in [2.75, 3.05) is 42.8 Å². The number of anilines is 4. The highest BCUT2D eigenvalue weighted by atomic mass is 35.5. The van der Waals surface area contributed by atoms with Gasteiger partial charge in [0.05, 0.1) is 12.6 Å². The lowest BCUT2D eigenvalue weighted by atomic mass is 10.1. The van der Waals surface area contributed by atoms with Gasteiger partial charge in [-0.15, -0.1) is 0 Å². The number of carbonyl (C=O) groups is 4. The highest BCUT2D eigenvalue weighted by molar-refractivity contribution is 6.39. The number of esters is 1. The van der Waals surface area contributed by atoms with E-state index in [9.17, 15) is 32.3 Å². The van der Waals surface area contributed by atoms with Crippen molar-refractivity contribution in [3.8, 4) is 6.01 Å². The van der Waals surface area contributed by atoms with Crippen LogP contribution in [0.15, 0.2) is 72.8 Å². The summed E-state index contributed by atoms with van der Waals surface area (Å²) >= 11 is 6.02. The van der Waals surface area contributed by atoms with E-state index >= 15 is 0 Å². The fraction of sp³-hybridized carbons (Fsp3) is 0.286. The number of halogens is 4. The highest BCUT2D eigenvalue weighted by Crippen LogP contribution is 2.48. The maximum absolute atomic E-state index is 13.1. The number of rotatable bonds is 15. The molecule has 19 heteroatoms. The molecule has 1 heterocycles. The van der Waals surface area contributed by atoms with Gasteiger partial charge in [-0.25, -0.2) is 4.79 Å². The Balaban J connectivity index is 1.22. The van der Waals surface area contributed by atoms with Crippen LogP contribution in [0.25, 0.3) is 0 Å². The Hall–Kier alpha value is -6.01. The Labute approximate surface area is 311 Å². The lowest BCUT2D eigenvalue weighted by Crippen LogP contribution is -2.50. The molecule has 1 aliphatic rings. The van der Waals surface area contributed by atoms with Crippen molar-refractivity contribution < 1.29 is 46.9 Å². The standard InChI is InChI=1S/C35H34ClF3N8O7/c1-53-30(52)26(18-40-28(50)29(51)41-24-10-2-20(3-11-24)14-17-48)43-27(49)21-4-12-25(13-5-21)42-31-44-32(46-33(45-31)54-19-35(37,38)39)47-34(15-16-34)22-6-8-23(36)9-7-22/h2-13,26,48H,14-19H2,1H3,(H,40,50)(H,41,51)(H,43,49)(H2,42,44,45,46,47)/t26-/m0/s1. The summed E-state index contributed by atoms with van der Waals surface area (Å²) in [4.78, 5) is 62.6. The second-order valence-corrected chi connectivity index (χ2v) is 12.4. The van der Waals surface area contributed by atoms with E-state index in [0.717, 1.165) is 18.2 Å². The van der Waals surface area contributed by atoms with Gasteiger partial charge >= 0.3 is 30.0 Å². The van der Waals surface area contributed by atoms with Crippen LogP contribution in [0.3, 0.4) is 0 Å². The summed E-state index contributed by atoms with van der Waals surface area (Å²) in [6, 6.07) is 17.3. The highest BCUT2D eigenvalue weighted by Gasteiger charge is 2.45. The first-order valence-electron chi connectivity index (χ1n) is 16.3. The van der Waals surface area contributed by atoms with E-state index in [0.29, 0.717) is 35.7 Å². The Kier molecular flexibility index (Phi) is 12.5. The largest absolute Gasteiger partial charge is 0.467 e. The molecule has 3 amide bonds. The number of aromatic nitrogens is 3. The van der Waals surface area contributed by atoms with Gasteiger partial charge in [0, 0.05) is 35.1 Å². The third kappa shape index (κ3) is 11.0. The fourth-order valence-corrected chi connectivity index (χ4v) is 5.16. The van der Waals surface area contributed by atoms with Crippen LogP contribution in [-0.4, -0.2) is 82.8 Å². The number of methoxy groups -OCH3 is 1. The minimum Gasteiger partial charge on any atom is -0.467 e. The van der Waals surface area contributed by atoms with E-state index < -0.39 is 60.6 Å². The lowest BCUT2D eigenvalue weighted by Gasteiger charge is -2.19. The summed E-state index contributed by atoms with van der Waals surface area (Å²) in [5, 5.41) is 22.7. The topological polar surface area (TPSA) is 206 Å². The van der Waals surface area contributed by atoms with Gasteiger partial charge in [-0.2, -0.15) is 28.1 Å². The van der Waals surface area contributed by atoms with Crippen molar-refractivity contribution in [3.63, 3.8) is 0 Å². The molecule has 54 heavy (non-hydrogen) atoms. The summed E-state index contributed by atoms with van der Waals surface area (Å²) in [7, 11) is 1.08. The number of aliphatic hydroxyl groups excluding tert-OH is 1. The molecule has 1 aromatic heterocycles. The summed E-state index contributed by atoms with van der Waals surface area (Å²) in [6.45, 7) is -2.15. The van der Waals surface area contributed by atoms with Crippen molar-refractivity contribution in [3.05, 3.63) is 94.5 Å². The van der Waals surface area contributed by atoms with Crippen LogP contribution in [0.1, 0.15) is 34.3 Å². The molecule has 1 fully saturated rings. The molecule has 1 aliphatic carbocycles. The molecule has 4 aromatic rings. The number of aliphatic hydroxyl groups is 1. The lowest BCUT2D eigenvalue weighted by molar-refractivity contribution is -0.154. The molecule has 0 radical (unpaired) electrons. The Morgan fingerprint density at radius 2 is 1.54 bits per heavy atom. The first-order chi connectivity index (χ1) is 25.8. The molecule has 0 spiro atoms. The third-order valence-electron chi connectivity index (χ3n) is 7.96. The van der Waals surface area contributed by atoms with Gasteiger partial charge in [0.1, 0.15) is 6.04 Å². The summed E-state index contributed by atoms with van der Waals surface area (Å²) in [5.41, 5.74) is 1.88. The van der Waals surface area contributed by atoms with Crippen molar-refractivity contribution in [1.82, 2.24) is 25.6 Å². The summed E-state index contributed by atoms with van der Waals surface area (Å²) in [6.07, 6.45) is -2.82. The average molecular weight is 771 g/mol. The van der Waals surface area contributed by atoms with Gasteiger partial charge in [0.2, 0.25) is 11.9 Å². The van der Waals surface area contributed by atoms with Crippen LogP contribution in [0, 0.1) is 0 Å². The number of amides is 3. The van der Waals surface area contributed by atoms with E-state index in [1.54, 1.807) is 36.4 Å². The van der Waals surface area contributed by atoms with Crippen molar-refractivity contribution in [2.45, 2.75) is 37.0 Å². The second kappa shape index (κ2) is 17.2. The number of nitrogens with zero attached hydrogens (tertiary/aromatic N) is 3. The SMILES string of the molecule is COC(=O)[C@H](CNC(=O)C(=O)Nc1ccc(CCO)cc1)NC(=O)c1ccc(Nc2nc(NC3(c4ccc(Cl)cc4)CC3)nc(OCC(F)(F)F)n2)cc1. The summed E-state index contributed by atoms with van der Waals surface area (Å²) < 4.78 is 48.4. The van der Waals surface area contributed by atoms with Gasteiger partial charge in [-0.05, 0) is 78.9 Å². The fourth-order valence-electron chi connectivity index (χ4n) is 5.03. The molecule has 5 rings (SSSR count). The number of nitrogens with one attached hydrogen (secondary N) is 5. The predicted molar refractivity (Wildman–Crippen MR) is 189 cm³/mol. The molecule has 0 bridgehead atoms. The average Bonchev–Trinajstić information content (AvgIpc) is 3.93. The van der Waals surface area contributed by atoms with Gasteiger partial charge in [-0.1, -0.05) is 35.9 Å². The third-order valence-corrected chi connectivity index (χ3v) is 8.21. The van der Waals surface area contributed by atoms with Gasteiger partial charge in [0.25, 0.3) is 5.91 Å². The van der Waals surface area contributed by atoms with Crippen LogP contribution in [0.4, 0.5) is 36.4 Å². The number of benzene rings is 3. The predicted octanol–water partition coefficient (Wildman–Crippen LogP) is 3.87. The zero-order chi connectivity index (χ0) is 38.9. The smallest absolute Gasteiger partial charge is 0.422 e. The van der Waals surface area contributed by atoms with Gasteiger partial charge < -0.3 is 41.2 Å². The number of hydrogen-bond acceptors (Lipinski definition) is 12. The number of carbonyl (C=O) groups excluding carboxylic acids is 4. The molecule has 284 valence electrons. The van der Waals surface area contributed by atoms with Crippen molar-refractivity contribution >= 4 is 58.6 Å². The Morgan fingerprint density at radius 3 is 2.15 bits per heavy atom. The first kappa shape index (κ1) is 39.2. The first-order valence-corrected chi connectivity index (χ1v) is 16.7. The van der Waals surface area contributed by atoms with Crippen LogP contribution in [-0.2, 0) is 31.1 Å². The maximum atomic E-state index is 13.1. The zero-order valence-corrected chi connectivity index (χ0v) is 29.3. The normalized spacial score (nSPS) is 13.5. The number of hydrogen-bond donors (Lipinski definition) is 6. The van der Waals surface area contributed by atoms with E-state index in [1.165, 1.54) is 24.3 Å². The van der Waals surface area contributed by atoms with Gasteiger partial charge in [0.15, 0.2) is 6.61 Å². The van der Waals surface area contributed by atoms with Crippen LogP contribution in [0.5, 0.6) is 6.01 Å². The monoisotopic (exact) mass is 770 g/mol. The molecule has 6 N–H and O–H groups in total. The molecular weight excluding hydrogens is 737 g/mol. The minimum absolute atomic E-state index is 0.0422. The molecule has 1 saturated carbocycles. The van der Waals surface area contributed by atoms with Crippen molar-refractivity contribution in [1.29, 1.82) is 0 Å². The molecule has 0 aliphatic heterocycles. The van der Waals surface area contributed by atoms with Gasteiger partial charge in [-0.3, -0.25) is 14.4 Å². The molecule has 0 unspecified atom stereocenters. The zero-order valence-electron chi connectivity index (χ0n) is 28.5. The summed E-state index contributed by atoms with van der Waals surface area (Å²) in [5.74, 6) is -3.92. The minimum atomic E-state index is -4.65. The van der Waals surface area contributed by atoms with E-state index in [2.05, 4.69) is 41.5 Å². The van der Waals surface area contributed by atoms with Crippen LogP contribution < -0.4 is 31.3 Å².